The van der Waals surface area contributed by atoms with Crippen LogP contribution >= 0.6 is 0 Å². The maximum absolute atomic E-state index is 11.8. The number of fused-ring (bicyclic) bond motifs is 3. The van der Waals surface area contributed by atoms with E-state index in [4.69, 9.17) is 28.4 Å². The minimum absolute atomic E-state index is 0.123. The molecule has 39 heavy (non-hydrogen) atoms. The largest absolute Gasteiger partial charge is 0.423 e. The summed E-state index contributed by atoms with van der Waals surface area (Å²) >= 11 is 0. The maximum atomic E-state index is 11.8. The van der Waals surface area contributed by atoms with Gasteiger partial charge >= 0.3 is 5.63 Å². The Morgan fingerprint density at radius 2 is 2.00 bits per heavy atom. The van der Waals surface area contributed by atoms with Gasteiger partial charge in [-0.15, -0.1) is 5.10 Å². The second kappa shape index (κ2) is 9.21. The molecule has 1 aliphatic carbocycles. The van der Waals surface area contributed by atoms with Gasteiger partial charge in [-0.2, -0.15) is 0 Å². The highest BCUT2D eigenvalue weighted by atomic mass is 17.3. The summed E-state index contributed by atoms with van der Waals surface area (Å²) in [5.41, 5.74) is 2.00. The topological polar surface area (TPSA) is 107 Å². The SMILES string of the molecule is Cc1cc(=O)oc2cc(-n3cc(CCO[C@H]4O[C@@H]5O[C@@]6(C)CC[C@H]7[C@H](C)CC[C@@H]([C@H]4C)[C@@]57OO6)nn3)ccc12. The Hall–Kier alpha value is -2.63. The highest BCUT2D eigenvalue weighted by Gasteiger charge is 2.69. The van der Waals surface area contributed by atoms with Crippen LogP contribution in [0, 0.1) is 30.6 Å². The average Bonchev–Trinajstić information content (AvgIpc) is 3.26. The van der Waals surface area contributed by atoms with Crippen LogP contribution < -0.4 is 5.63 Å². The van der Waals surface area contributed by atoms with Crippen molar-refractivity contribution in [2.24, 2.45) is 23.7 Å². The molecule has 1 saturated carbocycles. The first kappa shape index (κ1) is 25.3. The van der Waals surface area contributed by atoms with Crippen molar-refractivity contribution < 1.29 is 28.4 Å². The Morgan fingerprint density at radius 1 is 1.13 bits per heavy atom. The summed E-state index contributed by atoms with van der Waals surface area (Å²) in [5, 5.41) is 9.49. The van der Waals surface area contributed by atoms with Gasteiger partial charge in [0.15, 0.2) is 18.2 Å². The van der Waals surface area contributed by atoms with Gasteiger partial charge in [0.2, 0.25) is 5.79 Å². The van der Waals surface area contributed by atoms with Crippen molar-refractivity contribution in [1.29, 1.82) is 0 Å². The third-order valence-corrected chi connectivity index (χ3v) is 9.48. The predicted octanol–water partition coefficient (Wildman–Crippen LogP) is 4.45. The number of rotatable bonds is 5. The van der Waals surface area contributed by atoms with E-state index in [1.165, 1.54) is 6.07 Å². The summed E-state index contributed by atoms with van der Waals surface area (Å²) < 4.78 is 26.3. The van der Waals surface area contributed by atoms with Gasteiger partial charge in [0, 0.05) is 42.2 Å². The Bertz CT molecular complexity index is 1450. The van der Waals surface area contributed by atoms with Crippen LogP contribution in [0.3, 0.4) is 0 Å². The molecule has 8 rings (SSSR count). The number of benzene rings is 1. The van der Waals surface area contributed by atoms with Gasteiger partial charge in [-0.05, 0) is 62.6 Å². The highest BCUT2D eigenvalue weighted by molar-refractivity contribution is 5.81. The number of hydrogen-bond acceptors (Lipinski definition) is 9. The normalized spacial score (nSPS) is 37.5. The molecule has 0 unspecified atom stereocenters. The van der Waals surface area contributed by atoms with Crippen molar-refractivity contribution in [2.45, 2.75) is 83.8 Å². The van der Waals surface area contributed by atoms with E-state index in [-0.39, 0.29) is 17.5 Å². The van der Waals surface area contributed by atoms with E-state index in [2.05, 4.69) is 24.2 Å². The number of aromatic nitrogens is 3. The van der Waals surface area contributed by atoms with Gasteiger partial charge in [-0.3, -0.25) is 0 Å². The lowest BCUT2D eigenvalue weighted by molar-refractivity contribution is -0.577. The van der Waals surface area contributed by atoms with E-state index >= 15 is 0 Å². The number of ether oxygens (including phenoxy) is 3. The Morgan fingerprint density at radius 3 is 2.87 bits per heavy atom. The molecule has 0 radical (unpaired) electrons. The second-order valence-electron chi connectivity index (χ2n) is 12.0. The zero-order valence-corrected chi connectivity index (χ0v) is 22.8. The molecule has 2 bridgehead atoms. The van der Waals surface area contributed by atoms with Crippen LogP contribution in [-0.2, 0) is 30.4 Å². The lowest BCUT2D eigenvalue weighted by atomic mass is 9.58. The predicted molar refractivity (Wildman–Crippen MR) is 139 cm³/mol. The summed E-state index contributed by atoms with van der Waals surface area (Å²) in [5.74, 6) is 0.399. The van der Waals surface area contributed by atoms with Crippen molar-refractivity contribution in [2.75, 3.05) is 6.61 Å². The summed E-state index contributed by atoms with van der Waals surface area (Å²) in [6.07, 6.45) is 5.49. The molecule has 8 atom stereocenters. The highest BCUT2D eigenvalue weighted by Crippen LogP contribution is 2.60. The van der Waals surface area contributed by atoms with Gasteiger partial charge in [-0.25, -0.2) is 19.3 Å². The molecule has 2 aromatic heterocycles. The first-order chi connectivity index (χ1) is 18.8. The van der Waals surface area contributed by atoms with Crippen LogP contribution in [0.5, 0.6) is 0 Å². The number of hydrogen-bond donors (Lipinski definition) is 0. The second-order valence-corrected chi connectivity index (χ2v) is 12.0. The van der Waals surface area contributed by atoms with E-state index in [1.807, 2.05) is 32.2 Å². The molecule has 4 saturated heterocycles. The van der Waals surface area contributed by atoms with Crippen molar-refractivity contribution in [3.63, 3.8) is 0 Å². The van der Waals surface area contributed by atoms with E-state index in [9.17, 15) is 4.79 Å². The third kappa shape index (κ3) is 4.07. The summed E-state index contributed by atoms with van der Waals surface area (Å²) in [6.45, 7) is 8.75. The first-order valence-corrected chi connectivity index (χ1v) is 14.0. The maximum Gasteiger partial charge on any atom is 0.336 e. The lowest BCUT2D eigenvalue weighted by Crippen LogP contribution is -2.70. The Labute approximate surface area is 226 Å². The molecule has 4 aliphatic heterocycles. The number of aryl methyl sites for hydroxylation is 1. The minimum Gasteiger partial charge on any atom is -0.423 e. The summed E-state index contributed by atoms with van der Waals surface area (Å²) in [4.78, 5) is 23.9. The van der Waals surface area contributed by atoms with Crippen molar-refractivity contribution in [3.8, 4) is 5.69 Å². The van der Waals surface area contributed by atoms with Crippen LogP contribution in [0.2, 0.25) is 0 Å². The average molecular weight is 538 g/mol. The third-order valence-electron chi connectivity index (χ3n) is 9.48. The van der Waals surface area contributed by atoms with E-state index in [0.29, 0.717) is 30.4 Å². The van der Waals surface area contributed by atoms with Crippen molar-refractivity contribution in [1.82, 2.24) is 15.0 Å². The molecule has 0 N–H and O–H groups in total. The fourth-order valence-electron chi connectivity index (χ4n) is 7.34. The van der Waals surface area contributed by atoms with E-state index < -0.39 is 24.0 Å². The monoisotopic (exact) mass is 537 g/mol. The van der Waals surface area contributed by atoms with Crippen LogP contribution in [0.25, 0.3) is 16.7 Å². The van der Waals surface area contributed by atoms with Gasteiger partial charge in [0.1, 0.15) is 5.58 Å². The van der Waals surface area contributed by atoms with Gasteiger partial charge in [0.25, 0.3) is 0 Å². The molecule has 3 aromatic rings. The molecule has 10 nitrogen and oxygen atoms in total. The minimum atomic E-state index is -0.800. The molecule has 5 fully saturated rings. The molecule has 1 aromatic carbocycles. The van der Waals surface area contributed by atoms with E-state index in [0.717, 1.165) is 48.0 Å². The van der Waals surface area contributed by atoms with Gasteiger partial charge in [-0.1, -0.05) is 19.1 Å². The fourth-order valence-corrected chi connectivity index (χ4v) is 7.34. The van der Waals surface area contributed by atoms with Gasteiger partial charge < -0.3 is 18.6 Å². The standard InChI is InChI=1S/C29H35N3O7/c1-16-5-8-23-18(3)26(36-27-29(23)22(16)9-11-28(4,37-27)38-39-29)34-12-10-19-15-32(31-30-19)20-6-7-21-17(2)13-25(33)35-24(21)14-20/h6-7,13-16,18,22-23,26-27H,5,8-12H2,1-4H3/t16-,18-,22+,23+,26+,27-,28-,29-/m1/s1. The molecular weight excluding hydrogens is 502 g/mol. The van der Waals surface area contributed by atoms with Crippen LogP contribution in [-0.4, -0.2) is 45.6 Å². The quantitative estimate of drug-likeness (QED) is 0.345. The molecule has 1 spiro atoms. The van der Waals surface area contributed by atoms with Gasteiger partial charge in [0.05, 0.1) is 24.2 Å². The first-order valence-electron chi connectivity index (χ1n) is 14.0. The zero-order chi connectivity index (χ0) is 26.9. The van der Waals surface area contributed by atoms with Crippen LogP contribution in [0.1, 0.15) is 57.7 Å². The summed E-state index contributed by atoms with van der Waals surface area (Å²) in [6, 6.07) is 7.16. The smallest absolute Gasteiger partial charge is 0.336 e. The van der Waals surface area contributed by atoms with Crippen LogP contribution in [0.4, 0.5) is 0 Å². The van der Waals surface area contributed by atoms with Crippen molar-refractivity contribution >= 4 is 11.0 Å². The molecular formula is C29H35N3O7. The van der Waals surface area contributed by atoms with E-state index in [1.54, 1.807) is 10.7 Å². The lowest BCUT2D eigenvalue weighted by Gasteiger charge is -2.60. The number of nitrogens with zero attached hydrogens (tertiary/aromatic N) is 3. The molecule has 10 heteroatoms. The molecule has 5 aliphatic rings. The fraction of sp³-hybridized carbons (Fsp3) is 0.621. The molecule has 0 amide bonds. The molecule has 6 heterocycles. The Kier molecular flexibility index (Phi) is 5.98. The zero-order valence-electron chi connectivity index (χ0n) is 22.8. The Balaban J connectivity index is 1.05. The molecule has 208 valence electrons. The van der Waals surface area contributed by atoms with Crippen molar-refractivity contribution in [3.05, 3.63) is 52.1 Å². The van der Waals surface area contributed by atoms with Crippen LogP contribution in [0.15, 0.2) is 39.7 Å². The summed E-state index contributed by atoms with van der Waals surface area (Å²) in [7, 11) is 0.